The van der Waals surface area contributed by atoms with Gasteiger partial charge in [-0.1, -0.05) is 55.5 Å². The van der Waals surface area contributed by atoms with Crippen LogP contribution in [0.15, 0.2) is 77.7 Å². The quantitative estimate of drug-likeness (QED) is 0.230. The second kappa shape index (κ2) is 12.8. The highest BCUT2D eigenvalue weighted by Crippen LogP contribution is 2.25. The molecule has 2 atom stereocenters. The number of carbonyl (C=O) groups excluding carboxylic acids is 1. The summed E-state index contributed by atoms with van der Waals surface area (Å²) in [6.45, 7) is 3.82. The number of hydrogen-bond acceptors (Lipinski definition) is 8. The van der Waals surface area contributed by atoms with Gasteiger partial charge in [0.2, 0.25) is 10.0 Å². The van der Waals surface area contributed by atoms with Crippen molar-refractivity contribution in [1.82, 2.24) is 14.6 Å². The Balaban J connectivity index is 1.60. The maximum Gasteiger partial charge on any atom is 0.251 e. The van der Waals surface area contributed by atoms with Crippen molar-refractivity contribution in [2.75, 3.05) is 25.9 Å². The van der Waals surface area contributed by atoms with Crippen LogP contribution >= 0.6 is 11.3 Å². The molecule has 1 unspecified atom stereocenters. The molecular weight excluding hydrogens is 548 g/mol. The number of aliphatic hydroxyl groups excluding tert-OH is 1. The molecule has 212 valence electrons. The lowest BCUT2D eigenvalue weighted by Gasteiger charge is -2.31. The van der Waals surface area contributed by atoms with Crippen molar-refractivity contribution in [3.63, 3.8) is 0 Å². The predicted octanol–water partition coefficient (Wildman–Crippen LogP) is 3.94. The number of nitrogens with zero attached hydrogens (tertiary/aromatic N) is 2. The van der Waals surface area contributed by atoms with Crippen LogP contribution in [0.5, 0.6) is 5.75 Å². The van der Waals surface area contributed by atoms with Crippen LogP contribution < -0.4 is 15.8 Å². The van der Waals surface area contributed by atoms with E-state index in [1.54, 1.807) is 30.3 Å². The van der Waals surface area contributed by atoms with Crippen molar-refractivity contribution in [2.24, 2.45) is 5.92 Å². The number of amides is 1. The minimum absolute atomic E-state index is 0.000886. The zero-order chi connectivity index (χ0) is 28.9. The van der Waals surface area contributed by atoms with Crippen LogP contribution in [0, 0.1) is 5.92 Å². The number of benzene rings is 3. The summed E-state index contributed by atoms with van der Waals surface area (Å²) in [5.74, 6) is 0.155. The minimum Gasteiger partial charge on any atom is -0.497 e. The van der Waals surface area contributed by atoms with Crippen molar-refractivity contribution >= 4 is 42.6 Å². The maximum absolute atomic E-state index is 13.6. The van der Waals surface area contributed by atoms with Crippen LogP contribution in [-0.2, 0) is 16.4 Å². The first-order valence-electron chi connectivity index (χ1n) is 12.9. The van der Waals surface area contributed by atoms with Crippen LogP contribution in [0.1, 0.15) is 29.8 Å². The number of aliphatic hydroxyl groups is 1. The number of rotatable bonds is 12. The maximum atomic E-state index is 13.6. The fraction of sp³-hybridized carbons (Fsp3) is 0.310. The molecule has 0 saturated carbocycles. The van der Waals surface area contributed by atoms with Gasteiger partial charge in [-0.25, -0.2) is 13.4 Å². The Morgan fingerprint density at radius 2 is 1.77 bits per heavy atom. The van der Waals surface area contributed by atoms with Gasteiger partial charge in [0.1, 0.15) is 5.75 Å². The van der Waals surface area contributed by atoms with Crippen LogP contribution in [0.4, 0.5) is 5.13 Å². The lowest BCUT2D eigenvalue weighted by molar-refractivity contribution is 0.0776. The molecular formula is C29H34N4O5S2. The number of hydrogen-bond donors (Lipinski definition) is 3. The summed E-state index contributed by atoms with van der Waals surface area (Å²) in [5, 5.41) is 14.8. The number of sulfonamides is 1. The third-order valence-electron chi connectivity index (χ3n) is 6.40. The molecule has 1 heterocycles. The third kappa shape index (κ3) is 7.16. The molecule has 0 aliphatic rings. The number of ether oxygens (including phenoxy) is 1. The summed E-state index contributed by atoms with van der Waals surface area (Å²) >= 11 is 1.28. The second-order valence-corrected chi connectivity index (χ2v) is 13.0. The van der Waals surface area contributed by atoms with E-state index in [0.717, 1.165) is 10.3 Å². The summed E-state index contributed by atoms with van der Waals surface area (Å²) < 4.78 is 34.5. The highest BCUT2D eigenvalue weighted by Gasteiger charge is 2.31. The molecule has 3 aromatic carbocycles. The monoisotopic (exact) mass is 582 g/mol. The van der Waals surface area contributed by atoms with E-state index in [9.17, 15) is 18.3 Å². The van der Waals surface area contributed by atoms with E-state index in [1.807, 2.05) is 44.2 Å². The number of aromatic nitrogens is 1. The van der Waals surface area contributed by atoms with Crippen molar-refractivity contribution in [1.29, 1.82) is 0 Å². The summed E-state index contributed by atoms with van der Waals surface area (Å²) in [4.78, 5) is 17.7. The van der Waals surface area contributed by atoms with Gasteiger partial charge < -0.3 is 20.9 Å². The molecule has 0 radical (unpaired) electrons. The number of nitrogen functional groups attached to an aromatic ring is 1. The zero-order valence-electron chi connectivity index (χ0n) is 22.7. The normalized spacial score (nSPS) is 13.4. The molecule has 0 fully saturated rings. The molecule has 9 nitrogen and oxygen atoms in total. The molecule has 4 rings (SSSR count). The lowest BCUT2D eigenvalue weighted by atomic mass is 10.00. The molecule has 0 bridgehead atoms. The number of nitrogens with two attached hydrogens (primary N) is 1. The number of nitrogens with one attached hydrogen (secondary N) is 1. The highest BCUT2D eigenvalue weighted by atomic mass is 32.2. The lowest BCUT2D eigenvalue weighted by Crippen LogP contribution is -2.51. The van der Waals surface area contributed by atoms with Gasteiger partial charge in [-0.15, -0.1) is 0 Å². The molecule has 1 amide bonds. The summed E-state index contributed by atoms with van der Waals surface area (Å²) in [7, 11) is -2.43. The van der Waals surface area contributed by atoms with E-state index < -0.39 is 22.2 Å². The first-order valence-corrected chi connectivity index (χ1v) is 15.2. The number of anilines is 1. The summed E-state index contributed by atoms with van der Waals surface area (Å²) in [6, 6.07) is 19.9. The Kier molecular flexibility index (Phi) is 9.41. The summed E-state index contributed by atoms with van der Waals surface area (Å²) in [6.07, 6.45) is -0.888. The molecule has 0 aliphatic heterocycles. The zero-order valence-corrected chi connectivity index (χ0v) is 24.3. The Bertz CT molecular complexity index is 1540. The van der Waals surface area contributed by atoms with E-state index in [4.69, 9.17) is 10.5 Å². The molecule has 0 saturated heterocycles. The Morgan fingerprint density at radius 3 is 2.42 bits per heavy atom. The number of thiazole rings is 1. The molecule has 4 aromatic rings. The van der Waals surface area contributed by atoms with E-state index in [1.165, 1.54) is 34.9 Å². The fourth-order valence-electron chi connectivity index (χ4n) is 4.40. The molecule has 0 aliphatic carbocycles. The van der Waals surface area contributed by atoms with Gasteiger partial charge in [0, 0.05) is 18.7 Å². The molecule has 1 aromatic heterocycles. The van der Waals surface area contributed by atoms with E-state index >= 15 is 0 Å². The van der Waals surface area contributed by atoms with E-state index in [-0.39, 0.29) is 29.8 Å². The topological polar surface area (TPSA) is 135 Å². The van der Waals surface area contributed by atoms with Crippen LogP contribution in [0.25, 0.3) is 10.2 Å². The van der Waals surface area contributed by atoms with Gasteiger partial charge in [0.15, 0.2) is 5.13 Å². The third-order valence-corrected chi connectivity index (χ3v) is 9.10. The Labute approximate surface area is 238 Å². The number of methoxy groups -OCH3 is 1. The Hall–Kier alpha value is -3.51. The Morgan fingerprint density at radius 1 is 1.07 bits per heavy atom. The molecule has 11 heteroatoms. The minimum atomic E-state index is -3.94. The average Bonchev–Trinajstić information content (AvgIpc) is 3.31. The SMILES string of the molecule is COc1ccc(S(=O)(=O)N(CC(C)C)C[C@@H](O)C(Cc2ccccc2)NC(=O)c2ccc3nc(N)sc3c2)cc1. The smallest absolute Gasteiger partial charge is 0.251 e. The van der Waals surface area contributed by atoms with Crippen LogP contribution in [0.3, 0.4) is 0 Å². The van der Waals surface area contributed by atoms with Crippen molar-refractivity contribution in [3.05, 3.63) is 83.9 Å². The molecule has 40 heavy (non-hydrogen) atoms. The van der Waals surface area contributed by atoms with Gasteiger partial charge in [-0.3, -0.25) is 4.79 Å². The van der Waals surface area contributed by atoms with Crippen LogP contribution in [-0.4, -0.2) is 61.1 Å². The van der Waals surface area contributed by atoms with E-state index in [2.05, 4.69) is 10.3 Å². The largest absolute Gasteiger partial charge is 0.497 e. The van der Waals surface area contributed by atoms with Crippen LogP contribution in [0.2, 0.25) is 0 Å². The predicted molar refractivity (Wildman–Crippen MR) is 158 cm³/mol. The number of fused-ring (bicyclic) bond motifs is 1. The fourth-order valence-corrected chi connectivity index (χ4v) is 6.79. The van der Waals surface area contributed by atoms with Gasteiger partial charge in [-0.05, 0) is 60.4 Å². The average molecular weight is 583 g/mol. The van der Waals surface area contributed by atoms with E-state index in [0.29, 0.717) is 28.4 Å². The first kappa shape index (κ1) is 29.5. The van der Waals surface area contributed by atoms with Crippen molar-refractivity contribution in [3.8, 4) is 5.75 Å². The van der Waals surface area contributed by atoms with Crippen molar-refractivity contribution in [2.45, 2.75) is 37.3 Å². The van der Waals surface area contributed by atoms with Gasteiger partial charge >= 0.3 is 0 Å². The number of carbonyl (C=O) groups is 1. The molecule has 4 N–H and O–H groups in total. The second-order valence-electron chi connectivity index (χ2n) is 9.96. The molecule has 0 spiro atoms. The van der Waals surface area contributed by atoms with Crippen molar-refractivity contribution < 1.29 is 23.1 Å². The van der Waals surface area contributed by atoms with Gasteiger partial charge in [0.25, 0.3) is 5.91 Å². The van der Waals surface area contributed by atoms with Gasteiger partial charge in [0.05, 0.1) is 34.4 Å². The first-order chi connectivity index (χ1) is 19.1. The standard InChI is InChI=1S/C29H34N4O5S2/c1-19(2)17-33(40(36,37)23-12-10-22(38-3)11-13-23)18-26(34)25(15-20-7-5-4-6-8-20)31-28(35)21-9-14-24-27(16-21)39-29(30)32-24/h4-14,16,19,25-26,34H,15,17-18H2,1-3H3,(H2,30,32)(H,31,35)/t25?,26-/m1/s1. The van der Waals surface area contributed by atoms with Gasteiger partial charge in [-0.2, -0.15) is 4.31 Å². The highest BCUT2D eigenvalue weighted by molar-refractivity contribution is 7.89. The summed E-state index contributed by atoms with van der Waals surface area (Å²) in [5.41, 5.74) is 7.80.